The normalized spacial score (nSPS) is 10.3. The van der Waals surface area contributed by atoms with Gasteiger partial charge in [0.05, 0.1) is 22.7 Å². The highest BCUT2D eigenvalue weighted by Gasteiger charge is 2.10. The van der Waals surface area contributed by atoms with E-state index in [1.165, 1.54) is 11.3 Å². The third-order valence-electron chi connectivity index (χ3n) is 3.34. The van der Waals surface area contributed by atoms with Crippen molar-refractivity contribution in [2.24, 2.45) is 0 Å². The van der Waals surface area contributed by atoms with Crippen LogP contribution in [0.15, 0.2) is 52.3 Å². The van der Waals surface area contributed by atoms with Gasteiger partial charge in [0, 0.05) is 21.1 Å². The van der Waals surface area contributed by atoms with Crippen LogP contribution in [0.3, 0.4) is 0 Å². The molecular weight excluding hydrogens is 422 g/mol. The van der Waals surface area contributed by atoms with Crippen LogP contribution in [-0.2, 0) is 11.2 Å². The molecule has 0 radical (unpaired) electrons. The summed E-state index contributed by atoms with van der Waals surface area (Å²) in [5.41, 5.74) is 2.64. The van der Waals surface area contributed by atoms with Crippen LogP contribution in [0.5, 0.6) is 0 Å². The van der Waals surface area contributed by atoms with Crippen LogP contribution in [-0.4, -0.2) is 10.9 Å². The summed E-state index contributed by atoms with van der Waals surface area (Å²) >= 11 is 10.9. The first-order valence-electron chi connectivity index (χ1n) is 7.25. The summed E-state index contributed by atoms with van der Waals surface area (Å²) in [6, 6.07) is 14.6. The van der Waals surface area contributed by atoms with Crippen molar-refractivity contribution < 1.29 is 4.79 Å². The summed E-state index contributed by atoms with van der Waals surface area (Å²) in [6.45, 7) is 0. The van der Waals surface area contributed by atoms with E-state index in [1.807, 2.05) is 35.7 Å². The van der Waals surface area contributed by atoms with E-state index in [1.54, 1.807) is 18.2 Å². The first-order valence-corrected chi connectivity index (χ1v) is 9.30. The fraction of sp³-hybridized carbons (Fsp3) is 0.0556. The Bertz CT molecular complexity index is 980. The third-order valence-corrected chi connectivity index (χ3v) is 5.08. The largest absolute Gasteiger partial charge is 0.326 e. The number of aromatic nitrogens is 1. The molecule has 1 aromatic heterocycles. The van der Waals surface area contributed by atoms with E-state index in [-0.39, 0.29) is 12.3 Å². The van der Waals surface area contributed by atoms with E-state index in [0.29, 0.717) is 22.0 Å². The molecule has 25 heavy (non-hydrogen) atoms. The van der Waals surface area contributed by atoms with Gasteiger partial charge in [0.2, 0.25) is 5.91 Å². The summed E-state index contributed by atoms with van der Waals surface area (Å²) in [6.07, 6.45) is 0.169. The van der Waals surface area contributed by atoms with Gasteiger partial charge in [-0.25, -0.2) is 4.98 Å². The Labute approximate surface area is 162 Å². The van der Waals surface area contributed by atoms with Gasteiger partial charge in [-0.3, -0.25) is 4.79 Å². The smallest absolute Gasteiger partial charge is 0.230 e. The molecule has 0 saturated carbocycles. The predicted octanol–water partition coefficient (Wildman–Crippen LogP) is 5.28. The number of thiazole rings is 1. The van der Waals surface area contributed by atoms with Gasteiger partial charge >= 0.3 is 0 Å². The molecule has 4 nitrogen and oxygen atoms in total. The van der Waals surface area contributed by atoms with E-state index in [2.05, 4.69) is 26.2 Å². The molecule has 0 atom stereocenters. The summed E-state index contributed by atoms with van der Waals surface area (Å²) in [4.78, 5) is 16.7. The van der Waals surface area contributed by atoms with E-state index in [0.717, 1.165) is 15.0 Å². The molecule has 0 aliphatic carbocycles. The van der Waals surface area contributed by atoms with Gasteiger partial charge in [0.25, 0.3) is 0 Å². The monoisotopic (exact) mass is 431 g/mol. The summed E-state index contributed by atoms with van der Waals surface area (Å²) in [5, 5.41) is 14.7. The predicted molar refractivity (Wildman–Crippen MR) is 104 cm³/mol. The molecular formula is C18H11BrClN3OS. The third kappa shape index (κ3) is 4.45. The Kier molecular flexibility index (Phi) is 5.49. The van der Waals surface area contributed by atoms with Crippen molar-refractivity contribution in [3.05, 3.63) is 68.6 Å². The number of benzene rings is 2. The molecule has 0 saturated heterocycles. The van der Waals surface area contributed by atoms with Gasteiger partial charge in [-0.2, -0.15) is 5.26 Å². The van der Waals surface area contributed by atoms with Crippen molar-refractivity contribution in [2.45, 2.75) is 6.42 Å². The van der Waals surface area contributed by atoms with Crippen LogP contribution >= 0.6 is 38.9 Å². The molecule has 3 aromatic rings. The number of nitriles is 1. The number of nitrogens with zero attached hydrogens (tertiary/aromatic N) is 2. The maximum absolute atomic E-state index is 12.2. The number of halogens is 2. The van der Waals surface area contributed by atoms with Gasteiger partial charge < -0.3 is 5.32 Å². The molecule has 0 aliphatic heterocycles. The van der Waals surface area contributed by atoms with Gasteiger partial charge in [-0.05, 0) is 30.3 Å². The zero-order chi connectivity index (χ0) is 17.8. The fourth-order valence-electron chi connectivity index (χ4n) is 2.20. The van der Waals surface area contributed by atoms with Crippen molar-refractivity contribution in [1.29, 1.82) is 5.26 Å². The number of carbonyl (C=O) groups is 1. The summed E-state index contributed by atoms with van der Waals surface area (Å²) in [5.74, 6) is -0.188. The topological polar surface area (TPSA) is 65.8 Å². The fourth-order valence-corrected chi connectivity index (χ4v) is 3.63. The highest BCUT2D eigenvalue weighted by Crippen LogP contribution is 2.26. The number of anilines is 1. The Morgan fingerprint density at radius 2 is 2.16 bits per heavy atom. The quantitative estimate of drug-likeness (QED) is 0.610. The highest BCUT2D eigenvalue weighted by atomic mass is 79.9. The second-order valence-corrected chi connectivity index (χ2v) is 7.37. The standard InChI is InChI=1S/C18H11BrClN3OS/c19-13-3-1-2-11(6-13)18-23-15(10-25-18)8-17(24)22-14-5-4-12(9-21)16(20)7-14/h1-7,10H,8H2,(H,22,24). The molecule has 2 aromatic carbocycles. The number of hydrogen-bond donors (Lipinski definition) is 1. The lowest BCUT2D eigenvalue weighted by Crippen LogP contribution is -2.14. The molecule has 7 heteroatoms. The Balaban J connectivity index is 1.68. The average molecular weight is 433 g/mol. The maximum Gasteiger partial charge on any atom is 0.230 e. The van der Waals surface area contributed by atoms with Gasteiger partial charge in [-0.1, -0.05) is 39.7 Å². The van der Waals surface area contributed by atoms with Crippen LogP contribution in [0.2, 0.25) is 5.02 Å². The molecule has 0 fully saturated rings. The zero-order valence-corrected chi connectivity index (χ0v) is 16.0. The molecule has 1 amide bonds. The van der Waals surface area contributed by atoms with E-state index in [4.69, 9.17) is 16.9 Å². The first-order chi connectivity index (χ1) is 12.0. The molecule has 0 aliphatic rings. The van der Waals surface area contributed by atoms with Crippen LogP contribution < -0.4 is 5.32 Å². The second-order valence-electron chi connectivity index (χ2n) is 5.19. The minimum atomic E-state index is -0.188. The van der Waals surface area contributed by atoms with Crippen LogP contribution in [0.1, 0.15) is 11.3 Å². The van der Waals surface area contributed by atoms with Crippen molar-refractivity contribution >= 4 is 50.5 Å². The lowest BCUT2D eigenvalue weighted by atomic mass is 10.2. The zero-order valence-electron chi connectivity index (χ0n) is 12.8. The van der Waals surface area contributed by atoms with Crippen LogP contribution in [0.4, 0.5) is 5.69 Å². The summed E-state index contributed by atoms with van der Waals surface area (Å²) < 4.78 is 0.984. The summed E-state index contributed by atoms with van der Waals surface area (Å²) in [7, 11) is 0. The van der Waals surface area contributed by atoms with Gasteiger partial charge in [0.1, 0.15) is 11.1 Å². The molecule has 124 valence electrons. The molecule has 1 heterocycles. The minimum Gasteiger partial charge on any atom is -0.326 e. The number of carbonyl (C=O) groups excluding carboxylic acids is 1. The Hall–Kier alpha value is -2.20. The molecule has 0 unspecified atom stereocenters. The van der Waals surface area contributed by atoms with Crippen molar-refractivity contribution in [3.8, 4) is 16.6 Å². The molecule has 3 rings (SSSR count). The second kappa shape index (κ2) is 7.79. The SMILES string of the molecule is N#Cc1ccc(NC(=O)Cc2csc(-c3cccc(Br)c3)n2)cc1Cl. The van der Waals surface area contributed by atoms with Crippen LogP contribution in [0, 0.1) is 11.3 Å². The van der Waals surface area contributed by atoms with E-state index < -0.39 is 0 Å². The Morgan fingerprint density at radius 1 is 1.32 bits per heavy atom. The Morgan fingerprint density at radius 3 is 2.88 bits per heavy atom. The first kappa shape index (κ1) is 17.6. The maximum atomic E-state index is 12.2. The average Bonchev–Trinajstić information content (AvgIpc) is 3.03. The van der Waals surface area contributed by atoms with E-state index >= 15 is 0 Å². The number of rotatable bonds is 4. The molecule has 1 N–H and O–H groups in total. The molecule has 0 spiro atoms. The number of hydrogen-bond acceptors (Lipinski definition) is 4. The molecule has 0 bridgehead atoms. The lowest BCUT2D eigenvalue weighted by molar-refractivity contribution is -0.115. The van der Waals surface area contributed by atoms with Gasteiger partial charge in [0.15, 0.2) is 0 Å². The lowest BCUT2D eigenvalue weighted by Gasteiger charge is -2.05. The minimum absolute atomic E-state index is 0.169. The van der Waals surface area contributed by atoms with Crippen molar-refractivity contribution in [1.82, 2.24) is 4.98 Å². The van der Waals surface area contributed by atoms with Crippen molar-refractivity contribution in [3.63, 3.8) is 0 Å². The van der Waals surface area contributed by atoms with E-state index in [9.17, 15) is 4.79 Å². The number of nitrogens with one attached hydrogen (secondary N) is 1. The highest BCUT2D eigenvalue weighted by molar-refractivity contribution is 9.10. The van der Waals surface area contributed by atoms with Crippen molar-refractivity contribution in [2.75, 3.05) is 5.32 Å². The van der Waals surface area contributed by atoms with Crippen LogP contribution in [0.25, 0.3) is 10.6 Å². The van der Waals surface area contributed by atoms with Gasteiger partial charge in [-0.15, -0.1) is 11.3 Å². The number of amides is 1.